The predicted molar refractivity (Wildman–Crippen MR) is 61.8 cm³/mol. The monoisotopic (exact) mass is 284 g/mol. The zero-order valence-electron chi connectivity index (χ0n) is 8.41. The Hall–Kier alpha value is -0.590. The van der Waals surface area contributed by atoms with Crippen molar-refractivity contribution >= 4 is 33.0 Å². The van der Waals surface area contributed by atoms with Crippen molar-refractivity contribution in [1.29, 1.82) is 0 Å². The molecular formula is C8H10Cl2N2O3S. The lowest BCUT2D eigenvalue weighted by atomic mass is 10.3. The van der Waals surface area contributed by atoms with Crippen LogP contribution in [0.15, 0.2) is 16.1 Å². The molecule has 0 amide bonds. The van der Waals surface area contributed by atoms with Crippen molar-refractivity contribution in [2.75, 3.05) is 11.6 Å². The maximum Gasteiger partial charge on any atom is 0.270 e. The summed E-state index contributed by atoms with van der Waals surface area (Å²) in [4.78, 5) is 16.9. The van der Waals surface area contributed by atoms with Crippen LogP contribution in [0.5, 0.6) is 0 Å². The van der Waals surface area contributed by atoms with Gasteiger partial charge in [0.05, 0.1) is 12.1 Å². The average Bonchev–Trinajstić information content (AvgIpc) is 2.21. The largest absolute Gasteiger partial charge is 0.312 e. The maximum absolute atomic E-state index is 11.8. The number of aromatic amines is 1. The number of rotatable bonds is 4. The molecule has 0 aliphatic heterocycles. The van der Waals surface area contributed by atoms with Gasteiger partial charge in [0.25, 0.3) is 5.56 Å². The van der Waals surface area contributed by atoms with E-state index in [0.29, 0.717) is 0 Å². The van der Waals surface area contributed by atoms with E-state index in [1.54, 1.807) is 6.92 Å². The van der Waals surface area contributed by atoms with Crippen LogP contribution in [0, 0.1) is 5.92 Å². The lowest BCUT2D eigenvalue weighted by molar-refractivity contribution is 0.579. The van der Waals surface area contributed by atoms with Gasteiger partial charge < -0.3 is 4.98 Å². The zero-order chi connectivity index (χ0) is 12.3. The van der Waals surface area contributed by atoms with E-state index >= 15 is 0 Å². The topological polar surface area (TPSA) is 79.9 Å². The van der Waals surface area contributed by atoms with Gasteiger partial charge in [-0.25, -0.2) is 13.4 Å². The van der Waals surface area contributed by atoms with Crippen molar-refractivity contribution in [1.82, 2.24) is 9.97 Å². The molecule has 1 atom stereocenters. The van der Waals surface area contributed by atoms with Crippen LogP contribution in [0.2, 0.25) is 5.02 Å². The van der Waals surface area contributed by atoms with Crippen molar-refractivity contribution in [2.24, 2.45) is 5.92 Å². The van der Waals surface area contributed by atoms with Crippen molar-refractivity contribution in [3.8, 4) is 0 Å². The fourth-order valence-corrected chi connectivity index (χ4v) is 3.38. The van der Waals surface area contributed by atoms with Gasteiger partial charge in [-0.1, -0.05) is 18.5 Å². The number of hydrogen-bond acceptors (Lipinski definition) is 4. The number of aromatic nitrogens is 2. The number of nitrogens with one attached hydrogen (secondary N) is 1. The summed E-state index contributed by atoms with van der Waals surface area (Å²) in [5.74, 6) is -0.212. The first-order valence-electron chi connectivity index (χ1n) is 4.40. The second-order valence-electron chi connectivity index (χ2n) is 3.39. The molecule has 1 heterocycles. The van der Waals surface area contributed by atoms with Crippen LogP contribution in [0.3, 0.4) is 0 Å². The van der Waals surface area contributed by atoms with Gasteiger partial charge in [0.2, 0.25) is 0 Å². The van der Waals surface area contributed by atoms with E-state index in [-0.39, 0.29) is 17.6 Å². The Kier molecular flexibility index (Phi) is 4.35. The first-order chi connectivity index (χ1) is 7.38. The normalized spacial score (nSPS) is 13.7. The molecule has 0 bridgehead atoms. The Morgan fingerprint density at radius 3 is 2.75 bits per heavy atom. The number of hydrogen-bond donors (Lipinski definition) is 1. The number of sulfone groups is 1. The second kappa shape index (κ2) is 5.16. The lowest BCUT2D eigenvalue weighted by Crippen LogP contribution is -2.20. The molecule has 1 unspecified atom stereocenters. The van der Waals surface area contributed by atoms with Gasteiger partial charge in [0.15, 0.2) is 14.9 Å². The second-order valence-corrected chi connectivity index (χ2v) is 6.03. The Balaban J connectivity index is 3.18. The van der Waals surface area contributed by atoms with E-state index < -0.39 is 25.4 Å². The molecule has 0 aromatic carbocycles. The summed E-state index contributed by atoms with van der Waals surface area (Å²) in [5, 5.41) is -0.806. The highest BCUT2D eigenvalue weighted by Gasteiger charge is 2.23. The molecule has 0 aliphatic rings. The molecule has 0 saturated heterocycles. The molecule has 0 radical (unpaired) electrons. The number of halogens is 2. The smallest absolute Gasteiger partial charge is 0.270 e. The van der Waals surface area contributed by atoms with E-state index in [2.05, 4.69) is 9.97 Å². The maximum atomic E-state index is 11.8. The van der Waals surface area contributed by atoms with E-state index in [0.717, 1.165) is 6.33 Å². The molecule has 1 rings (SSSR count). The number of H-pyrrole nitrogens is 1. The van der Waals surface area contributed by atoms with Crippen LogP contribution in [0.4, 0.5) is 0 Å². The first-order valence-corrected chi connectivity index (χ1v) is 6.97. The summed E-state index contributed by atoms with van der Waals surface area (Å²) < 4.78 is 23.6. The third-order valence-electron chi connectivity index (χ3n) is 1.83. The highest BCUT2D eigenvalue weighted by atomic mass is 35.5. The number of alkyl halides is 1. The van der Waals surface area contributed by atoms with Crippen molar-refractivity contribution in [3.63, 3.8) is 0 Å². The van der Waals surface area contributed by atoms with Crippen LogP contribution >= 0.6 is 23.2 Å². The van der Waals surface area contributed by atoms with Gasteiger partial charge in [0, 0.05) is 5.88 Å². The van der Waals surface area contributed by atoms with Crippen LogP contribution in [0.1, 0.15) is 6.92 Å². The molecule has 16 heavy (non-hydrogen) atoms. The van der Waals surface area contributed by atoms with Crippen molar-refractivity contribution < 1.29 is 8.42 Å². The van der Waals surface area contributed by atoms with Gasteiger partial charge in [0.1, 0.15) is 5.02 Å². The minimum absolute atomic E-state index is 0.188. The average molecular weight is 285 g/mol. The quantitative estimate of drug-likeness (QED) is 0.663. The molecular weight excluding hydrogens is 275 g/mol. The summed E-state index contributed by atoms with van der Waals surface area (Å²) in [6, 6.07) is 0. The Labute approximate surface area is 103 Å². The van der Waals surface area contributed by atoms with Gasteiger partial charge in [-0.05, 0) is 5.92 Å². The van der Waals surface area contributed by atoms with Crippen molar-refractivity contribution in [3.05, 3.63) is 21.7 Å². The first kappa shape index (κ1) is 13.5. The molecule has 5 nitrogen and oxygen atoms in total. The van der Waals surface area contributed by atoms with Crippen LogP contribution < -0.4 is 5.56 Å². The van der Waals surface area contributed by atoms with E-state index in [4.69, 9.17) is 23.2 Å². The standard InChI is InChI=1S/C8H10Cl2N2O3S/c1-5(2-9)3-16(14,15)8-6(10)7(13)11-4-12-8/h4-5H,2-3H2,1H3,(H,11,12,13). The summed E-state index contributed by atoms with van der Waals surface area (Å²) >= 11 is 11.1. The lowest BCUT2D eigenvalue weighted by Gasteiger charge is -2.08. The molecule has 0 aliphatic carbocycles. The molecule has 1 aromatic rings. The van der Waals surface area contributed by atoms with E-state index in [1.165, 1.54) is 0 Å². The summed E-state index contributed by atoms with van der Waals surface area (Å²) in [6.45, 7) is 1.69. The number of nitrogens with zero attached hydrogens (tertiary/aromatic N) is 1. The fraction of sp³-hybridized carbons (Fsp3) is 0.500. The Morgan fingerprint density at radius 1 is 1.56 bits per heavy atom. The van der Waals surface area contributed by atoms with Crippen LogP contribution in [0.25, 0.3) is 0 Å². The van der Waals surface area contributed by atoms with Gasteiger partial charge in [-0.15, -0.1) is 11.6 Å². The molecule has 1 N–H and O–H groups in total. The molecule has 90 valence electrons. The van der Waals surface area contributed by atoms with E-state index in [9.17, 15) is 13.2 Å². The van der Waals surface area contributed by atoms with E-state index in [1.807, 2.05) is 0 Å². The van der Waals surface area contributed by atoms with Gasteiger partial charge in [-0.2, -0.15) is 0 Å². The van der Waals surface area contributed by atoms with Crippen LogP contribution in [-0.4, -0.2) is 30.0 Å². The highest BCUT2D eigenvalue weighted by Crippen LogP contribution is 2.17. The minimum atomic E-state index is -3.67. The zero-order valence-corrected chi connectivity index (χ0v) is 10.7. The third kappa shape index (κ3) is 2.96. The molecule has 8 heteroatoms. The highest BCUT2D eigenvalue weighted by molar-refractivity contribution is 7.91. The predicted octanol–water partition coefficient (Wildman–Crippen LogP) is 1.07. The minimum Gasteiger partial charge on any atom is -0.312 e. The summed E-state index contributed by atoms with van der Waals surface area (Å²) in [7, 11) is -3.67. The molecule has 1 aromatic heterocycles. The third-order valence-corrected chi connectivity index (χ3v) is 4.72. The van der Waals surface area contributed by atoms with Crippen molar-refractivity contribution in [2.45, 2.75) is 11.9 Å². The SMILES string of the molecule is CC(CCl)CS(=O)(=O)c1nc[nH]c(=O)c1Cl. The molecule has 0 saturated carbocycles. The summed E-state index contributed by atoms with van der Waals surface area (Å²) in [5.41, 5.74) is -0.672. The van der Waals surface area contributed by atoms with Crippen LogP contribution in [-0.2, 0) is 9.84 Å². The Bertz CT molecular complexity index is 526. The van der Waals surface area contributed by atoms with Gasteiger partial charge >= 0.3 is 0 Å². The summed E-state index contributed by atoms with van der Waals surface area (Å²) in [6.07, 6.45) is 1.01. The molecule has 0 spiro atoms. The Morgan fingerprint density at radius 2 is 2.19 bits per heavy atom. The fourth-order valence-electron chi connectivity index (χ4n) is 1.08. The molecule has 0 fully saturated rings. The van der Waals surface area contributed by atoms with Gasteiger partial charge in [-0.3, -0.25) is 4.79 Å².